The Balaban J connectivity index is 2.07. The number of hydrogen-bond acceptors (Lipinski definition) is 4. The largest absolute Gasteiger partial charge is 0.352 e. The standard InChI is InChI=1S/C30H35Cl2N3O4S/c1-6-22(4)33-30(37)23(5)34(18-24-12-13-25(31)17-28(24)32)29(36)19-35(26-15-20(2)14-21(3)16-26)40(38,39)27-10-8-7-9-11-27/h7-17,22-23H,6,18-19H2,1-5H3,(H,33,37)/t22-,23-/m0/s1. The fourth-order valence-corrected chi connectivity index (χ4v) is 6.11. The van der Waals surface area contributed by atoms with Gasteiger partial charge in [-0.25, -0.2) is 8.42 Å². The van der Waals surface area contributed by atoms with Crippen LogP contribution in [0.1, 0.15) is 43.9 Å². The maximum Gasteiger partial charge on any atom is 0.264 e. The first-order valence-corrected chi connectivity index (χ1v) is 15.2. The second-order valence-corrected chi connectivity index (χ2v) is 12.6. The molecule has 0 aliphatic heterocycles. The van der Waals surface area contributed by atoms with Gasteiger partial charge in [0.15, 0.2) is 0 Å². The van der Waals surface area contributed by atoms with E-state index in [4.69, 9.17) is 23.2 Å². The van der Waals surface area contributed by atoms with Gasteiger partial charge >= 0.3 is 0 Å². The average Bonchev–Trinajstić information content (AvgIpc) is 2.90. The summed E-state index contributed by atoms with van der Waals surface area (Å²) in [6.45, 7) is 8.63. The summed E-state index contributed by atoms with van der Waals surface area (Å²) < 4.78 is 28.9. The lowest BCUT2D eigenvalue weighted by atomic mass is 10.1. The van der Waals surface area contributed by atoms with Crippen molar-refractivity contribution >= 4 is 50.7 Å². The van der Waals surface area contributed by atoms with E-state index in [1.165, 1.54) is 17.0 Å². The molecule has 214 valence electrons. The Morgan fingerprint density at radius 2 is 1.55 bits per heavy atom. The van der Waals surface area contributed by atoms with Crippen molar-refractivity contribution in [1.82, 2.24) is 10.2 Å². The Morgan fingerprint density at radius 3 is 2.12 bits per heavy atom. The predicted octanol–water partition coefficient (Wildman–Crippen LogP) is 6.14. The number of benzene rings is 3. The summed E-state index contributed by atoms with van der Waals surface area (Å²) in [6.07, 6.45) is 0.714. The maximum absolute atomic E-state index is 14.0. The van der Waals surface area contributed by atoms with Gasteiger partial charge in [0.05, 0.1) is 10.6 Å². The van der Waals surface area contributed by atoms with E-state index in [0.717, 1.165) is 15.4 Å². The molecule has 2 atom stereocenters. The van der Waals surface area contributed by atoms with Crippen molar-refractivity contribution in [2.24, 2.45) is 0 Å². The molecule has 3 aromatic carbocycles. The predicted molar refractivity (Wildman–Crippen MR) is 161 cm³/mol. The minimum Gasteiger partial charge on any atom is -0.352 e. The zero-order valence-corrected chi connectivity index (χ0v) is 25.6. The van der Waals surface area contributed by atoms with Gasteiger partial charge in [-0.1, -0.05) is 60.5 Å². The first-order valence-electron chi connectivity index (χ1n) is 13.0. The van der Waals surface area contributed by atoms with Crippen LogP contribution in [-0.4, -0.2) is 43.8 Å². The highest BCUT2D eigenvalue weighted by molar-refractivity contribution is 7.92. The number of aryl methyl sites for hydroxylation is 2. The van der Waals surface area contributed by atoms with Crippen LogP contribution < -0.4 is 9.62 Å². The third-order valence-corrected chi connectivity index (χ3v) is 9.00. The topological polar surface area (TPSA) is 86.8 Å². The highest BCUT2D eigenvalue weighted by atomic mass is 35.5. The molecule has 0 saturated heterocycles. The summed E-state index contributed by atoms with van der Waals surface area (Å²) in [7, 11) is -4.13. The number of nitrogens with zero attached hydrogens (tertiary/aromatic N) is 2. The van der Waals surface area contributed by atoms with E-state index in [2.05, 4.69) is 5.32 Å². The van der Waals surface area contributed by atoms with E-state index in [-0.39, 0.29) is 23.4 Å². The minimum atomic E-state index is -4.13. The molecule has 0 aromatic heterocycles. The Hall–Kier alpha value is -3.07. The summed E-state index contributed by atoms with van der Waals surface area (Å²) in [4.78, 5) is 28.6. The van der Waals surface area contributed by atoms with Crippen LogP contribution in [0.15, 0.2) is 71.6 Å². The zero-order chi connectivity index (χ0) is 29.6. The minimum absolute atomic E-state index is 0.0179. The molecule has 7 nitrogen and oxygen atoms in total. The molecule has 0 aliphatic carbocycles. The Kier molecular flexibility index (Phi) is 10.6. The molecule has 0 saturated carbocycles. The van der Waals surface area contributed by atoms with E-state index < -0.39 is 28.5 Å². The molecule has 3 rings (SSSR count). The molecule has 10 heteroatoms. The van der Waals surface area contributed by atoms with Gasteiger partial charge in [-0.3, -0.25) is 13.9 Å². The van der Waals surface area contributed by atoms with Gasteiger partial charge in [0.2, 0.25) is 11.8 Å². The van der Waals surface area contributed by atoms with Crippen LogP contribution in [0.3, 0.4) is 0 Å². The fraction of sp³-hybridized carbons (Fsp3) is 0.333. The number of amides is 2. The summed E-state index contributed by atoms with van der Waals surface area (Å²) in [6, 6.07) is 17.2. The number of carbonyl (C=O) groups excluding carboxylic acids is 2. The molecule has 0 spiro atoms. The third-order valence-electron chi connectivity index (χ3n) is 6.63. The maximum atomic E-state index is 14.0. The van der Waals surface area contributed by atoms with Crippen molar-refractivity contribution < 1.29 is 18.0 Å². The normalized spacial score (nSPS) is 12.9. The fourth-order valence-electron chi connectivity index (χ4n) is 4.22. The molecule has 40 heavy (non-hydrogen) atoms. The van der Waals surface area contributed by atoms with Crippen LogP contribution in [0.25, 0.3) is 0 Å². The van der Waals surface area contributed by atoms with Crippen molar-refractivity contribution in [2.75, 3.05) is 10.8 Å². The van der Waals surface area contributed by atoms with E-state index >= 15 is 0 Å². The first-order chi connectivity index (χ1) is 18.8. The van der Waals surface area contributed by atoms with Gasteiger partial charge in [0.1, 0.15) is 12.6 Å². The number of sulfonamides is 1. The SMILES string of the molecule is CC[C@H](C)NC(=O)[C@H](C)N(Cc1ccc(Cl)cc1Cl)C(=O)CN(c1cc(C)cc(C)c1)S(=O)(=O)c1ccccc1. The Bertz CT molecular complexity index is 1440. The number of carbonyl (C=O) groups is 2. The quantitative estimate of drug-likeness (QED) is 0.285. The molecule has 0 fully saturated rings. The summed E-state index contributed by atoms with van der Waals surface area (Å²) in [5.41, 5.74) is 2.63. The molecule has 3 aromatic rings. The van der Waals surface area contributed by atoms with Gasteiger partial charge in [0.25, 0.3) is 10.0 Å². The highest BCUT2D eigenvalue weighted by Gasteiger charge is 2.33. The molecule has 0 unspecified atom stereocenters. The number of anilines is 1. The van der Waals surface area contributed by atoms with Crippen LogP contribution >= 0.6 is 23.2 Å². The monoisotopic (exact) mass is 603 g/mol. The number of rotatable bonds is 11. The van der Waals surface area contributed by atoms with Crippen LogP contribution in [0, 0.1) is 13.8 Å². The molecular formula is C30H35Cl2N3O4S. The van der Waals surface area contributed by atoms with Gasteiger partial charge in [0, 0.05) is 22.6 Å². The first kappa shape index (κ1) is 31.5. The number of nitrogens with one attached hydrogen (secondary N) is 1. The molecule has 2 amide bonds. The van der Waals surface area contributed by atoms with Gasteiger partial charge in [-0.2, -0.15) is 0 Å². The lowest BCUT2D eigenvalue weighted by Crippen LogP contribution is -2.52. The smallest absolute Gasteiger partial charge is 0.264 e. The van der Waals surface area contributed by atoms with E-state index in [1.807, 2.05) is 33.8 Å². The number of hydrogen-bond donors (Lipinski definition) is 1. The molecule has 1 N–H and O–H groups in total. The van der Waals surface area contributed by atoms with Crippen molar-refractivity contribution in [3.05, 3.63) is 93.5 Å². The Labute approximate surface area is 247 Å². The van der Waals surface area contributed by atoms with E-state index in [0.29, 0.717) is 27.7 Å². The lowest BCUT2D eigenvalue weighted by molar-refractivity contribution is -0.139. The van der Waals surface area contributed by atoms with Gasteiger partial charge < -0.3 is 10.2 Å². The van der Waals surface area contributed by atoms with Crippen molar-refractivity contribution in [1.29, 1.82) is 0 Å². The van der Waals surface area contributed by atoms with Crippen LogP contribution in [0.4, 0.5) is 5.69 Å². The van der Waals surface area contributed by atoms with Crippen molar-refractivity contribution in [2.45, 2.75) is 64.6 Å². The zero-order valence-electron chi connectivity index (χ0n) is 23.3. The van der Waals surface area contributed by atoms with E-state index in [1.54, 1.807) is 55.5 Å². The highest BCUT2D eigenvalue weighted by Crippen LogP contribution is 2.28. The third kappa shape index (κ3) is 7.77. The lowest BCUT2D eigenvalue weighted by Gasteiger charge is -2.32. The molecule has 0 aliphatic rings. The van der Waals surface area contributed by atoms with Crippen LogP contribution in [-0.2, 0) is 26.2 Å². The molecule has 0 bridgehead atoms. The average molecular weight is 605 g/mol. The number of halogens is 2. The van der Waals surface area contributed by atoms with Crippen LogP contribution in [0.2, 0.25) is 10.0 Å². The van der Waals surface area contributed by atoms with Crippen molar-refractivity contribution in [3.63, 3.8) is 0 Å². The molecular weight excluding hydrogens is 569 g/mol. The summed E-state index contributed by atoms with van der Waals surface area (Å²) in [5.74, 6) is -0.909. The molecule has 0 radical (unpaired) electrons. The summed E-state index contributed by atoms with van der Waals surface area (Å²) >= 11 is 12.5. The van der Waals surface area contributed by atoms with Crippen LogP contribution in [0.5, 0.6) is 0 Å². The van der Waals surface area contributed by atoms with E-state index in [9.17, 15) is 18.0 Å². The van der Waals surface area contributed by atoms with Crippen molar-refractivity contribution in [3.8, 4) is 0 Å². The Morgan fingerprint density at radius 1 is 0.925 bits per heavy atom. The summed E-state index contributed by atoms with van der Waals surface area (Å²) in [5, 5.41) is 3.68. The van der Waals surface area contributed by atoms with Gasteiger partial charge in [-0.05, 0) is 87.2 Å². The van der Waals surface area contributed by atoms with Gasteiger partial charge in [-0.15, -0.1) is 0 Å². The second-order valence-electron chi connectivity index (χ2n) is 9.92. The second kappa shape index (κ2) is 13.5. The molecule has 0 heterocycles.